The standard InChI is InChI=1S/C24H26N2O6/c1-32-24(31)26(20(14-21(28)29)23(30)25-12-10-15(27)11-13-25)22-18-8-4-2-6-16(18)17-7-3-5-9-19(17)22/h2-9,15,20,22,27H,10-14H2,1H3,(H,28,29)/t20-/m0/s1. The summed E-state index contributed by atoms with van der Waals surface area (Å²) in [6.45, 7) is 0.617. The van der Waals surface area contributed by atoms with Gasteiger partial charge in [-0.2, -0.15) is 0 Å². The lowest BCUT2D eigenvalue weighted by atomic mass is 9.99. The van der Waals surface area contributed by atoms with Crippen molar-refractivity contribution in [3.05, 3.63) is 59.7 Å². The van der Waals surface area contributed by atoms with E-state index < -0.39 is 42.6 Å². The van der Waals surface area contributed by atoms with E-state index in [1.807, 2.05) is 48.5 Å². The maximum absolute atomic E-state index is 13.5. The van der Waals surface area contributed by atoms with Crippen molar-refractivity contribution in [2.75, 3.05) is 20.2 Å². The number of carboxylic acid groups (broad SMARTS) is 1. The molecule has 2 aromatic carbocycles. The maximum atomic E-state index is 13.5. The minimum Gasteiger partial charge on any atom is -0.481 e. The van der Waals surface area contributed by atoms with Gasteiger partial charge in [-0.1, -0.05) is 48.5 Å². The molecule has 2 aliphatic rings. The average molecular weight is 438 g/mol. The van der Waals surface area contributed by atoms with Crippen LogP contribution in [0, 0.1) is 0 Å². The van der Waals surface area contributed by atoms with Crippen molar-refractivity contribution in [2.24, 2.45) is 0 Å². The van der Waals surface area contributed by atoms with Gasteiger partial charge in [0.1, 0.15) is 6.04 Å². The molecule has 0 aromatic heterocycles. The summed E-state index contributed by atoms with van der Waals surface area (Å²) in [6, 6.07) is 13.3. The number of ether oxygens (including phenoxy) is 1. The van der Waals surface area contributed by atoms with E-state index in [0.717, 1.165) is 22.3 Å². The molecule has 168 valence electrons. The highest BCUT2D eigenvalue weighted by Crippen LogP contribution is 2.47. The fourth-order valence-electron chi connectivity index (χ4n) is 4.71. The lowest BCUT2D eigenvalue weighted by Gasteiger charge is -2.39. The van der Waals surface area contributed by atoms with Crippen LogP contribution in [-0.2, 0) is 14.3 Å². The number of amides is 2. The van der Waals surface area contributed by atoms with Crippen LogP contribution in [0.5, 0.6) is 0 Å². The Bertz CT molecular complexity index is 985. The van der Waals surface area contributed by atoms with Gasteiger partial charge < -0.3 is 19.8 Å². The van der Waals surface area contributed by atoms with Gasteiger partial charge in [-0.15, -0.1) is 0 Å². The van der Waals surface area contributed by atoms with Crippen molar-refractivity contribution in [3.8, 4) is 11.1 Å². The number of carboxylic acids is 1. The van der Waals surface area contributed by atoms with Crippen molar-refractivity contribution in [1.82, 2.24) is 9.80 Å². The molecule has 2 amide bonds. The first-order valence-electron chi connectivity index (χ1n) is 10.7. The Morgan fingerprint density at radius 1 is 1.03 bits per heavy atom. The number of carbonyl (C=O) groups excluding carboxylic acids is 2. The molecule has 8 nitrogen and oxygen atoms in total. The van der Waals surface area contributed by atoms with Crippen molar-refractivity contribution in [3.63, 3.8) is 0 Å². The topological polar surface area (TPSA) is 107 Å². The van der Waals surface area contributed by atoms with Crippen LogP contribution < -0.4 is 0 Å². The van der Waals surface area contributed by atoms with Crippen LogP contribution in [0.3, 0.4) is 0 Å². The molecule has 0 spiro atoms. The molecule has 2 aromatic rings. The van der Waals surface area contributed by atoms with Crippen LogP contribution in [0.1, 0.15) is 36.4 Å². The van der Waals surface area contributed by atoms with Gasteiger partial charge in [0.05, 0.1) is 25.7 Å². The number of hydrogen-bond donors (Lipinski definition) is 2. The number of piperidine rings is 1. The van der Waals surface area contributed by atoms with E-state index in [-0.39, 0.29) is 0 Å². The van der Waals surface area contributed by atoms with Crippen molar-refractivity contribution < 1.29 is 29.3 Å². The average Bonchev–Trinajstić information content (AvgIpc) is 3.13. The van der Waals surface area contributed by atoms with Crippen LogP contribution in [0.2, 0.25) is 0 Å². The summed E-state index contributed by atoms with van der Waals surface area (Å²) in [6.07, 6.45) is -0.966. The van der Waals surface area contributed by atoms with Gasteiger partial charge >= 0.3 is 12.1 Å². The van der Waals surface area contributed by atoms with E-state index in [2.05, 4.69) is 0 Å². The minimum absolute atomic E-state index is 0.309. The third kappa shape index (κ3) is 3.93. The Labute approximate surface area is 186 Å². The van der Waals surface area contributed by atoms with Gasteiger partial charge in [-0.3, -0.25) is 14.5 Å². The molecule has 4 rings (SSSR count). The number of benzene rings is 2. The van der Waals surface area contributed by atoms with E-state index in [0.29, 0.717) is 25.9 Å². The Morgan fingerprint density at radius 3 is 2.06 bits per heavy atom. The molecule has 0 saturated carbocycles. The molecule has 1 aliphatic heterocycles. The second kappa shape index (κ2) is 9.00. The molecule has 1 fully saturated rings. The third-order valence-electron chi connectivity index (χ3n) is 6.23. The van der Waals surface area contributed by atoms with Crippen molar-refractivity contribution in [1.29, 1.82) is 0 Å². The van der Waals surface area contributed by atoms with Crippen LogP contribution in [0.4, 0.5) is 4.79 Å². The second-order valence-corrected chi connectivity index (χ2v) is 8.12. The van der Waals surface area contributed by atoms with E-state index in [4.69, 9.17) is 4.74 Å². The Hall–Kier alpha value is -3.39. The summed E-state index contributed by atoms with van der Waals surface area (Å²) in [5.41, 5.74) is 3.50. The lowest BCUT2D eigenvalue weighted by molar-refractivity contribution is -0.146. The Balaban J connectivity index is 1.80. The third-order valence-corrected chi connectivity index (χ3v) is 6.23. The number of nitrogens with zero attached hydrogens (tertiary/aromatic N) is 2. The highest BCUT2D eigenvalue weighted by atomic mass is 16.5. The SMILES string of the molecule is COC(=O)N(C1c2ccccc2-c2ccccc21)[C@@H](CC(=O)O)C(=O)N1CCC(O)CC1. The summed E-state index contributed by atoms with van der Waals surface area (Å²) < 4.78 is 5.06. The first-order valence-corrected chi connectivity index (χ1v) is 10.7. The van der Waals surface area contributed by atoms with E-state index in [9.17, 15) is 24.6 Å². The fraction of sp³-hybridized carbons (Fsp3) is 0.375. The van der Waals surface area contributed by atoms with E-state index in [1.54, 1.807) is 0 Å². The first kappa shape index (κ1) is 21.8. The molecule has 1 saturated heterocycles. The summed E-state index contributed by atoms with van der Waals surface area (Å²) in [4.78, 5) is 41.2. The summed E-state index contributed by atoms with van der Waals surface area (Å²) in [5, 5.41) is 19.4. The Kier molecular flexibility index (Phi) is 6.14. The highest BCUT2D eigenvalue weighted by Gasteiger charge is 2.44. The number of aliphatic hydroxyl groups is 1. The van der Waals surface area contributed by atoms with Gasteiger partial charge in [-0.05, 0) is 35.1 Å². The highest BCUT2D eigenvalue weighted by molar-refractivity contribution is 5.91. The van der Waals surface area contributed by atoms with Gasteiger partial charge in [-0.25, -0.2) is 4.79 Å². The van der Waals surface area contributed by atoms with Crippen LogP contribution >= 0.6 is 0 Å². The molecule has 1 aliphatic carbocycles. The molecule has 8 heteroatoms. The predicted octanol–water partition coefficient (Wildman–Crippen LogP) is 2.65. The lowest BCUT2D eigenvalue weighted by Crippen LogP contribution is -2.54. The molecular weight excluding hydrogens is 412 g/mol. The van der Waals surface area contributed by atoms with Crippen LogP contribution in [0.25, 0.3) is 11.1 Å². The van der Waals surface area contributed by atoms with Gasteiger partial charge in [0.2, 0.25) is 5.91 Å². The smallest absolute Gasteiger partial charge is 0.410 e. The van der Waals surface area contributed by atoms with E-state index >= 15 is 0 Å². The van der Waals surface area contributed by atoms with Crippen molar-refractivity contribution >= 4 is 18.0 Å². The quantitative estimate of drug-likeness (QED) is 0.743. The number of hydrogen-bond acceptors (Lipinski definition) is 5. The zero-order valence-electron chi connectivity index (χ0n) is 17.8. The second-order valence-electron chi connectivity index (χ2n) is 8.12. The van der Waals surface area contributed by atoms with E-state index in [1.165, 1.54) is 16.9 Å². The molecule has 2 N–H and O–H groups in total. The summed E-state index contributed by atoms with van der Waals surface area (Å²) in [5.74, 6) is -1.64. The maximum Gasteiger partial charge on any atom is 0.410 e. The summed E-state index contributed by atoms with van der Waals surface area (Å²) >= 11 is 0. The molecule has 0 bridgehead atoms. The predicted molar refractivity (Wildman–Crippen MR) is 116 cm³/mol. The largest absolute Gasteiger partial charge is 0.481 e. The molecular formula is C24H26N2O6. The van der Waals surface area contributed by atoms with Gasteiger partial charge in [0.25, 0.3) is 0 Å². The van der Waals surface area contributed by atoms with Gasteiger partial charge in [0.15, 0.2) is 0 Å². The molecule has 0 unspecified atom stereocenters. The van der Waals surface area contributed by atoms with Gasteiger partial charge in [0, 0.05) is 13.1 Å². The minimum atomic E-state index is -1.25. The molecule has 1 heterocycles. The molecule has 1 atom stereocenters. The number of aliphatic hydroxyl groups excluding tert-OH is 1. The molecule has 32 heavy (non-hydrogen) atoms. The fourth-order valence-corrected chi connectivity index (χ4v) is 4.71. The number of likely N-dealkylation sites (tertiary alicyclic amines) is 1. The van der Waals surface area contributed by atoms with Crippen LogP contribution in [-0.4, -0.2) is 70.3 Å². The van der Waals surface area contributed by atoms with Crippen LogP contribution in [0.15, 0.2) is 48.5 Å². The zero-order valence-corrected chi connectivity index (χ0v) is 17.8. The number of carbonyl (C=O) groups is 3. The number of rotatable bonds is 5. The summed E-state index contributed by atoms with van der Waals surface area (Å²) in [7, 11) is 1.22. The number of fused-ring (bicyclic) bond motifs is 3. The first-order chi connectivity index (χ1) is 15.4. The number of methoxy groups -OCH3 is 1. The van der Waals surface area contributed by atoms with Crippen molar-refractivity contribution in [2.45, 2.75) is 37.5 Å². The monoisotopic (exact) mass is 438 g/mol. The molecule has 0 radical (unpaired) electrons. The number of aliphatic carboxylic acids is 1. The normalized spacial score (nSPS) is 16.8. The zero-order chi connectivity index (χ0) is 22.8. The Morgan fingerprint density at radius 2 is 1.56 bits per heavy atom.